The highest BCUT2D eigenvalue weighted by atomic mass is 16.2. The number of hydrogen-bond acceptors (Lipinski definition) is 4. The van der Waals surface area contributed by atoms with Gasteiger partial charge in [-0.25, -0.2) is 4.98 Å². The van der Waals surface area contributed by atoms with Crippen molar-refractivity contribution in [2.24, 2.45) is 11.5 Å². The van der Waals surface area contributed by atoms with E-state index < -0.39 is 5.91 Å². The molecule has 0 aliphatic heterocycles. The van der Waals surface area contributed by atoms with Gasteiger partial charge in [0.1, 0.15) is 5.69 Å². The van der Waals surface area contributed by atoms with Crippen molar-refractivity contribution in [1.29, 1.82) is 0 Å². The van der Waals surface area contributed by atoms with Gasteiger partial charge in [0.15, 0.2) is 0 Å². The lowest BCUT2D eigenvalue weighted by atomic mass is 10.2. The highest BCUT2D eigenvalue weighted by Crippen LogP contribution is 2.24. The normalized spacial score (nSPS) is 15.4. The summed E-state index contributed by atoms with van der Waals surface area (Å²) in [6.07, 6.45) is 7.24. The van der Waals surface area contributed by atoms with Gasteiger partial charge in [0.05, 0.1) is 12.9 Å². The average molecular weight is 279 g/mol. The molecular formula is C13H21N5O2. The SMILES string of the molecule is NCCn1cnc(C(=O)N(CC(N)=O)C2CCCC2)c1. The summed E-state index contributed by atoms with van der Waals surface area (Å²) in [5, 5.41) is 0. The summed E-state index contributed by atoms with van der Waals surface area (Å²) in [5.41, 5.74) is 11.1. The predicted octanol–water partition coefficient (Wildman–Crippen LogP) is -0.288. The molecule has 7 nitrogen and oxygen atoms in total. The van der Waals surface area contributed by atoms with Gasteiger partial charge >= 0.3 is 0 Å². The molecule has 7 heteroatoms. The molecule has 1 aliphatic carbocycles. The third kappa shape index (κ3) is 3.36. The van der Waals surface area contributed by atoms with Crippen LogP contribution in [0, 0.1) is 0 Å². The molecule has 110 valence electrons. The molecule has 0 aromatic carbocycles. The van der Waals surface area contributed by atoms with Crippen molar-refractivity contribution in [2.45, 2.75) is 38.3 Å². The second-order valence-electron chi connectivity index (χ2n) is 5.12. The lowest BCUT2D eigenvalue weighted by Gasteiger charge is -2.26. The molecule has 1 fully saturated rings. The predicted molar refractivity (Wildman–Crippen MR) is 73.8 cm³/mol. The van der Waals surface area contributed by atoms with Crippen molar-refractivity contribution in [2.75, 3.05) is 13.1 Å². The number of primary amides is 1. The highest BCUT2D eigenvalue weighted by Gasteiger charge is 2.29. The van der Waals surface area contributed by atoms with Crippen molar-refractivity contribution in [1.82, 2.24) is 14.5 Å². The molecule has 0 unspecified atom stereocenters. The van der Waals surface area contributed by atoms with E-state index in [0.717, 1.165) is 25.7 Å². The second kappa shape index (κ2) is 6.51. The summed E-state index contributed by atoms with van der Waals surface area (Å²) in [5.74, 6) is -0.724. The van der Waals surface area contributed by atoms with Crippen LogP contribution in [0.3, 0.4) is 0 Å². The highest BCUT2D eigenvalue weighted by molar-refractivity contribution is 5.94. The molecule has 0 spiro atoms. The molecule has 2 amide bonds. The molecule has 0 bridgehead atoms. The van der Waals surface area contributed by atoms with Crippen LogP contribution in [0.5, 0.6) is 0 Å². The van der Waals surface area contributed by atoms with Gasteiger partial charge in [0.2, 0.25) is 5.91 Å². The van der Waals surface area contributed by atoms with Gasteiger partial charge in [-0.05, 0) is 12.8 Å². The zero-order valence-electron chi connectivity index (χ0n) is 11.5. The number of aromatic nitrogens is 2. The van der Waals surface area contributed by atoms with E-state index in [-0.39, 0.29) is 18.5 Å². The molecule has 1 saturated carbocycles. The van der Waals surface area contributed by atoms with E-state index in [1.165, 1.54) is 0 Å². The van der Waals surface area contributed by atoms with E-state index in [1.807, 2.05) is 0 Å². The summed E-state index contributed by atoms with van der Waals surface area (Å²) < 4.78 is 1.77. The summed E-state index contributed by atoms with van der Waals surface area (Å²) in [6.45, 7) is 1.05. The minimum absolute atomic E-state index is 0.0484. The maximum absolute atomic E-state index is 12.5. The number of hydrogen-bond donors (Lipinski definition) is 2. The fraction of sp³-hybridized carbons (Fsp3) is 0.615. The van der Waals surface area contributed by atoms with Crippen LogP contribution in [0.2, 0.25) is 0 Å². The Morgan fingerprint density at radius 2 is 2.10 bits per heavy atom. The van der Waals surface area contributed by atoms with Gasteiger partial charge in [0.25, 0.3) is 5.91 Å². The van der Waals surface area contributed by atoms with E-state index in [0.29, 0.717) is 18.8 Å². The Bertz CT molecular complexity index is 479. The van der Waals surface area contributed by atoms with Crippen LogP contribution in [0.25, 0.3) is 0 Å². The molecule has 1 aliphatic rings. The standard InChI is InChI=1S/C13H21N5O2/c14-5-6-17-7-11(16-9-17)13(20)18(8-12(15)19)10-3-1-2-4-10/h7,9-10H,1-6,8,14H2,(H2,15,19). The van der Waals surface area contributed by atoms with Gasteiger partial charge in [-0.15, -0.1) is 0 Å². The average Bonchev–Trinajstić information content (AvgIpc) is 3.06. The minimum atomic E-state index is -0.494. The molecule has 0 radical (unpaired) electrons. The summed E-state index contributed by atoms with van der Waals surface area (Å²) in [7, 11) is 0. The molecule has 2 rings (SSSR count). The first-order chi connectivity index (χ1) is 9.61. The number of carbonyl (C=O) groups is 2. The number of nitrogens with two attached hydrogens (primary N) is 2. The first-order valence-electron chi connectivity index (χ1n) is 6.93. The Labute approximate surface area is 117 Å². The summed E-state index contributed by atoms with van der Waals surface area (Å²) in [4.78, 5) is 29.4. The van der Waals surface area contributed by atoms with Crippen molar-refractivity contribution in [3.63, 3.8) is 0 Å². The number of imidazole rings is 1. The Kier molecular flexibility index (Phi) is 4.73. The molecule has 20 heavy (non-hydrogen) atoms. The smallest absolute Gasteiger partial charge is 0.274 e. The molecule has 1 aromatic heterocycles. The van der Waals surface area contributed by atoms with E-state index in [1.54, 1.807) is 22.0 Å². The fourth-order valence-electron chi connectivity index (χ4n) is 2.64. The Balaban J connectivity index is 2.13. The van der Waals surface area contributed by atoms with E-state index in [9.17, 15) is 9.59 Å². The first kappa shape index (κ1) is 14.5. The number of amides is 2. The van der Waals surface area contributed by atoms with Crippen LogP contribution < -0.4 is 11.5 Å². The van der Waals surface area contributed by atoms with Gasteiger partial charge in [-0.2, -0.15) is 0 Å². The van der Waals surface area contributed by atoms with Crippen LogP contribution in [-0.2, 0) is 11.3 Å². The Hall–Kier alpha value is -1.89. The third-order valence-electron chi connectivity index (χ3n) is 3.59. The number of carbonyl (C=O) groups excluding carboxylic acids is 2. The van der Waals surface area contributed by atoms with Crippen molar-refractivity contribution < 1.29 is 9.59 Å². The van der Waals surface area contributed by atoms with Gasteiger partial charge < -0.3 is 20.9 Å². The first-order valence-corrected chi connectivity index (χ1v) is 6.93. The Morgan fingerprint density at radius 1 is 1.40 bits per heavy atom. The third-order valence-corrected chi connectivity index (χ3v) is 3.59. The minimum Gasteiger partial charge on any atom is -0.368 e. The fourth-order valence-corrected chi connectivity index (χ4v) is 2.64. The monoisotopic (exact) mass is 279 g/mol. The molecule has 0 atom stereocenters. The van der Waals surface area contributed by atoms with Crippen LogP contribution in [-0.4, -0.2) is 45.4 Å². The molecule has 1 heterocycles. The second-order valence-corrected chi connectivity index (χ2v) is 5.12. The van der Waals surface area contributed by atoms with Crippen molar-refractivity contribution in [3.8, 4) is 0 Å². The van der Waals surface area contributed by atoms with E-state index >= 15 is 0 Å². The van der Waals surface area contributed by atoms with Crippen molar-refractivity contribution in [3.05, 3.63) is 18.2 Å². The number of rotatable bonds is 6. The van der Waals surface area contributed by atoms with Gasteiger partial charge in [-0.3, -0.25) is 9.59 Å². The Morgan fingerprint density at radius 3 is 2.70 bits per heavy atom. The maximum atomic E-state index is 12.5. The summed E-state index contributed by atoms with van der Waals surface area (Å²) in [6, 6.07) is 0.0923. The zero-order chi connectivity index (χ0) is 14.5. The van der Waals surface area contributed by atoms with E-state index in [2.05, 4.69) is 4.98 Å². The van der Waals surface area contributed by atoms with Crippen LogP contribution in [0.15, 0.2) is 12.5 Å². The van der Waals surface area contributed by atoms with Crippen LogP contribution >= 0.6 is 0 Å². The zero-order valence-corrected chi connectivity index (χ0v) is 11.5. The molecule has 4 N–H and O–H groups in total. The number of nitrogens with zero attached hydrogens (tertiary/aromatic N) is 3. The molecular weight excluding hydrogens is 258 g/mol. The van der Waals surface area contributed by atoms with Crippen LogP contribution in [0.4, 0.5) is 0 Å². The van der Waals surface area contributed by atoms with Gasteiger partial charge in [-0.1, -0.05) is 12.8 Å². The van der Waals surface area contributed by atoms with Crippen LogP contribution in [0.1, 0.15) is 36.2 Å². The maximum Gasteiger partial charge on any atom is 0.274 e. The lowest BCUT2D eigenvalue weighted by Crippen LogP contribution is -2.44. The quantitative estimate of drug-likeness (QED) is 0.746. The topological polar surface area (TPSA) is 107 Å². The van der Waals surface area contributed by atoms with E-state index in [4.69, 9.17) is 11.5 Å². The largest absolute Gasteiger partial charge is 0.368 e. The lowest BCUT2D eigenvalue weighted by molar-refractivity contribution is -0.119. The molecule has 1 aromatic rings. The van der Waals surface area contributed by atoms with Gasteiger partial charge in [0, 0.05) is 25.3 Å². The van der Waals surface area contributed by atoms with Crippen molar-refractivity contribution >= 4 is 11.8 Å². The molecule has 0 saturated heterocycles. The summed E-state index contributed by atoms with van der Waals surface area (Å²) >= 11 is 0.